The molecule has 38 heavy (non-hydrogen) atoms. The molecule has 0 aliphatic carbocycles. The fourth-order valence-corrected chi connectivity index (χ4v) is 4.67. The minimum absolute atomic E-state index is 0.268. The summed E-state index contributed by atoms with van der Waals surface area (Å²) in [4.78, 5) is 34.6. The number of rotatable bonds is 5. The van der Waals surface area contributed by atoms with Gasteiger partial charge in [0.25, 0.3) is 11.8 Å². The van der Waals surface area contributed by atoms with E-state index in [0.29, 0.717) is 22.5 Å². The van der Waals surface area contributed by atoms with Crippen LogP contribution >= 0.6 is 0 Å². The molecular weight excluding hydrogens is 472 g/mol. The van der Waals surface area contributed by atoms with Crippen LogP contribution in [-0.4, -0.2) is 21.8 Å². The van der Waals surface area contributed by atoms with Gasteiger partial charge in [0.1, 0.15) is 0 Å². The SMILES string of the molecule is O=C(Nc1ccc2ccccc2c1-c1c(NC(=O)c2cccnc2)ccc2ccccc12)c1cccnc1. The fraction of sp³-hybridized carbons (Fsp3) is 0. The van der Waals surface area contributed by atoms with E-state index in [1.165, 1.54) is 12.4 Å². The number of nitrogens with one attached hydrogen (secondary N) is 2. The van der Waals surface area contributed by atoms with Crippen molar-refractivity contribution in [2.75, 3.05) is 10.6 Å². The predicted molar refractivity (Wildman–Crippen MR) is 151 cm³/mol. The van der Waals surface area contributed by atoms with Gasteiger partial charge in [0.05, 0.1) is 11.1 Å². The van der Waals surface area contributed by atoms with Crippen molar-refractivity contribution < 1.29 is 9.59 Å². The molecular formula is C32H22N4O2. The first-order valence-corrected chi connectivity index (χ1v) is 12.2. The fourth-order valence-electron chi connectivity index (χ4n) is 4.67. The molecule has 0 aliphatic rings. The normalized spacial score (nSPS) is 10.8. The smallest absolute Gasteiger partial charge is 0.257 e. The summed E-state index contributed by atoms with van der Waals surface area (Å²) in [5.74, 6) is -0.536. The number of benzene rings is 4. The minimum atomic E-state index is -0.268. The Morgan fingerprint density at radius 2 is 0.947 bits per heavy atom. The Bertz CT molecular complexity index is 1670. The Hall–Kier alpha value is -5.36. The number of hydrogen-bond donors (Lipinski definition) is 2. The van der Waals surface area contributed by atoms with E-state index in [1.54, 1.807) is 36.7 Å². The van der Waals surface area contributed by atoms with Gasteiger partial charge in [0, 0.05) is 47.3 Å². The van der Waals surface area contributed by atoms with Crippen molar-refractivity contribution in [3.63, 3.8) is 0 Å². The van der Waals surface area contributed by atoms with E-state index in [0.717, 1.165) is 32.7 Å². The maximum Gasteiger partial charge on any atom is 0.257 e. The number of fused-ring (bicyclic) bond motifs is 2. The van der Waals surface area contributed by atoms with Gasteiger partial charge in [-0.05, 0) is 57.9 Å². The van der Waals surface area contributed by atoms with Crippen molar-refractivity contribution >= 4 is 44.7 Å². The molecule has 0 atom stereocenters. The summed E-state index contributed by atoms with van der Waals surface area (Å²) in [5.41, 5.74) is 3.80. The van der Waals surface area contributed by atoms with Crippen LogP contribution in [-0.2, 0) is 0 Å². The first-order valence-electron chi connectivity index (χ1n) is 12.2. The van der Waals surface area contributed by atoms with Crippen molar-refractivity contribution in [2.45, 2.75) is 0 Å². The lowest BCUT2D eigenvalue weighted by Gasteiger charge is -2.20. The Balaban J connectivity index is 1.58. The van der Waals surface area contributed by atoms with Crippen LogP contribution in [0.4, 0.5) is 11.4 Å². The number of carbonyl (C=O) groups is 2. The van der Waals surface area contributed by atoms with E-state index in [4.69, 9.17) is 0 Å². The zero-order valence-corrected chi connectivity index (χ0v) is 20.3. The molecule has 0 aliphatic heterocycles. The van der Waals surface area contributed by atoms with E-state index >= 15 is 0 Å². The molecule has 182 valence electrons. The van der Waals surface area contributed by atoms with Gasteiger partial charge in [-0.25, -0.2) is 0 Å². The molecule has 6 aromatic rings. The molecule has 6 heteroatoms. The van der Waals surface area contributed by atoms with Crippen molar-refractivity contribution in [1.82, 2.24) is 9.97 Å². The highest BCUT2D eigenvalue weighted by Crippen LogP contribution is 2.43. The molecule has 4 aromatic carbocycles. The summed E-state index contributed by atoms with van der Waals surface area (Å²) in [6, 6.07) is 30.7. The van der Waals surface area contributed by atoms with Gasteiger partial charge in [-0.15, -0.1) is 0 Å². The molecule has 6 rings (SSSR count). The van der Waals surface area contributed by atoms with Crippen molar-refractivity contribution in [2.24, 2.45) is 0 Å². The first kappa shape index (κ1) is 23.1. The molecule has 0 fully saturated rings. The molecule has 0 unspecified atom stereocenters. The molecule has 0 spiro atoms. The maximum absolute atomic E-state index is 13.2. The van der Waals surface area contributed by atoms with Crippen LogP contribution in [0.5, 0.6) is 0 Å². The topological polar surface area (TPSA) is 84.0 Å². The third-order valence-electron chi connectivity index (χ3n) is 6.45. The number of hydrogen-bond acceptors (Lipinski definition) is 4. The van der Waals surface area contributed by atoms with Crippen LogP contribution in [0.25, 0.3) is 32.7 Å². The maximum atomic E-state index is 13.2. The predicted octanol–water partition coefficient (Wildman–Crippen LogP) is 6.95. The average Bonchev–Trinajstić information content (AvgIpc) is 2.98. The van der Waals surface area contributed by atoms with E-state index in [1.807, 2.05) is 72.8 Å². The van der Waals surface area contributed by atoms with Gasteiger partial charge in [-0.1, -0.05) is 60.7 Å². The quantitative estimate of drug-likeness (QED) is 0.271. The highest BCUT2D eigenvalue weighted by atomic mass is 16.2. The monoisotopic (exact) mass is 494 g/mol. The molecule has 0 saturated heterocycles. The van der Waals surface area contributed by atoms with Crippen molar-refractivity contribution in [3.8, 4) is 11.1 Å². The largest absolute Gasteiger partial charge is 0.321 e. The number of nitrogens with zero attached hydrogens (tertiary/aromatic N) is 2. The minimum Gasteiger partial charge on any atom is -0.321 e. The van der Waals surface area contributed by atoms with Crippen molar-refractivity contribution in [3.05, 3.63) is 133 Å². The zero-order chi connectivity index (χ0) is 25.9. The third kappa shape index (κ3) is 4.35. The summed E-state index contributed by atoms with van der Waals surface area (Å²) >= 11 is 0. The third-order valence-corrected chi connectivity index (χ3v) is 6.45. The molecule has 2 N–H and O–H groups in total. The first-order chi connectivity index (χ1) is 18.7. The highest BCUT2D eigenvalue weighted by Gasteiger charge is 2.20. The van der Waals surface area contributed by atoms with Crippen LogP contribution in [0.2, 0.25) is 0 Å². The van der Waals surface area contributed by atoms with Crippen LogP contribution in [0.3, 0.4) is 0 Å². The summed E-state index contributed by atoms with van der Waals surface area (Å²) in [7, 11) is 0. The van der Waals surface area contributed by atoms with Gasteiger partial charge in [-0.3, -0.25) is 19.6 Å². The van der Waals surface area contributed by atoms with Crippen LogP contribution in [0.15, 0.2) is 122 Å². The van der Waals surface area contributed by atoms with Crippen LogP contribution in [0, 0.1) is 0 Å². The zero-order valence-electron chi connectivity index (χ0n) is 20.3. The van der Waals surface area contributed by atoms with Crippen LogP contribution in [0.1, 0.15) is 20.7 Å². The van der Waals surface area contributed by atoms with E-state index in [9.17, 15) is 9.59 Å². The summed E-state index contributed by atoms with van der Waals surface area (Å²) in [6.45, 7) is 0. The molecule has 2 heterocycles. The lowest BCUT2D eigenvalue weighted by Crippen LogP contribution is -2.15. The molecule has 2 aromatic heterocycles. The molecule has 2 amide bonds. The van der Waals surface area contributed by atoms with Gasteiger partial charge < -0.3 is 10.6 Å². The molecule has 0 bridgehead atoms. The Kier molecular flexibility index (Phi) is 6.04. The Morgan fingerprint density at radius 3 is 1.37 bits per heavy atom. The summed E-state index contributed by atoms with van der Waals surface area (Å²) < 4.78 is 0. The van der Waals surface area contributed by atoms with E-state index in [-0.39, 0.29) is 11.8 Å². The lowest BCUT2D eigenvalue weighted by atomic mass is 9.90. The van der Waals surface area contributed by atoms with Gasteiger partial charge in [-0.2, -0.15) is 0 Å². The standard InChI is InChI=1S/C32H22N4O2/c37-31(23-9-5-17-33-19-23)35-27-15-13-21-7-1-3-11-25(21)29(27)30-26-12-4-2-8-22(26)14-16-28(30)36-32(38)24-10-6-18-34-20-24/h1-20H,(H,35,37)(H,36,38). The van der Waals surface area contributed by atoms with Gasteiger partial charge in [0.2, 0.25) is 0 Å². The summed E-state index contributed by atoms with van der Waals surface area (Å²) in [6.07, 6.45) is 6.33. The number of pyridine rings is 2. The number of anilines is 2. The van der Waals surface area contributed by atoms with E-state index < -0.39 is 0 Å². The Labute approximate surface area is 219 Å². The lowest BCUT2D eigenvalue weighted by molar-refractivity contribution is 0.101. The van der Waals surface area contributed by atoms with Gasteiger partial charge >= 0.3 is 0 Å². The molecule has 0 saturated carbocycles. The second-order valence-electron chi connectivity index (χ2n) is 8.81. The van der Waals surface area contributed by atoms with Gasteiger partial charge in [0.15, 0.2) is 0 Å². The average molecular weight is 495 g/mol. The second-order valence-corrected chi connectivity index (χ2v) is 8.81. The van der Waals surface area contributed by atoms with Crippen molar-refractivity contribution in [1.29, 1.82) is 0 Å². The van der Waals surface area contributed by atoms with Crippen LogP contribution < -0.4 is 10.6 Å². The number of carbonyl (C=O) groups excluding carboxylic acids is 2. The highest BCUT2D eigenvalue weighted by molar-refractivity contribution is 6.18. The molecule has 6 nitrogen and oxygen atoms in total. The Morgan fingerprint density at radius 1 is 0.500 bits per heavy atom. The van der Waals surface area contributed by atoms with E-state index in [2.05, 4.69) is 20.6 Å². The number of aromatic nitrogens is 2. The number of amides is 2. The summed E-state index contributed by atoms with van der Waals surface area (Å²) in [5, 5.41) is 10.1. The second kappa shape index (κ2) is 9.95. The molecule has 0 radical (unpaired) electrons.